The Kier molecular flexibility index (Phi) is 1.83. The van der Waals surface area contributed by atoms with Crippen LogP contribution in [0.25, 0.3) is 0 Å². The average Bonchev–Trinajstić information content (AvgIpc) is 2.76. The summed E-state index contributed by atoms with van der Waals surface area (Å²) in [4.78, 5) is 27.1. The first-order valence-corrected chi connectivity index (χ1v) is 4.72. The molecular formula is C11H6N4O. The highest BCUT2D eigenvalue weighted by molar-refractivity contribution is 6.71. The number of amidine groups is 2. The van der Waals surface area contributed by atoms with Crippen LogP contribution in [0.1, 0.15) is 5.56 Å². The third-order valence-electron chi connectivity index (χ3n) is 2.23. The van der Waals surface area contributed by atoms with Crippen LogP contribution in [0.4, 0.5) is 0 Å². The van der Waals surface area contributed by atoms with Crippen molar-refractivity contribution in [2.75, 3.05) is 0 Å². The van der Waals surface area contributed by atoms with Crippen LogP contribution in [0.3, 0.4) is 0 Å². The SMILES string of the molecule is O=C1N=CN=C2N=C(c3ccccc3)N=C12. The minimum Gasteiger partial charge on any atom is -0.265 e. The molecule has 0 radical (unpaired) electrons. The number of hydrogen-bond acceptors (Lipinski definition) is 4. The van der Waals surface area contributed by atoms with E-state index in [1.807, 2.05) is 30.3 Å². The molecule has 0 unspecified atom stereocenters. The van der Waals surface area contributed by atoms with Crippen molar-refractivity contribution < 1.29 is 4.79 Å². The monoisotopic (exact) mass is 210 g/mol. The van der Waals surface area contributed by atoms with Gasteiger partial charge in [0.15, 0.2) is 17.4 Å². The maximum Gasteiger partial charge on any atom is 0.301 e. The number of amides is 1. The summed E-state index contributed by atoms with van der Waals surface area (Å²) in [6.07, 6.45) is 1.20. The molecule has 0 fully saturated rings. The molecule has 0 aromatic heterocycles. The lowest BCUT2D eigenvalue weighted by Gasteiger charge is -1.96. The highest BCUT2D eigenvalue weighted by atomic mass is 16.1. The van der Waals surface area contributed by atoms with Crippen molar-refractivity contribution in [3.8, 4) is 0 Å². The molecular weight excluding hydrogens is 204 g/mol. The van der Waals surface area contributed by atoms with Gasteiger partial charge in [-0.15, -0.1) is 0 Å². The largest absolute Gasteiger partial charge is 0.301 e. The van der Waals surface area contributed by atoms with Crippen LogP contribution >= 0.6 is 0 Å². The zero-order valence-electron chi connectivity index (χ0n) is 8.16. The van der Waals surface area contributed by atoms with E-state index in [-0.39, 0.29) is 11.6 Å². The number of hydrogen-bond donors (Lipinski definition) is 0. The quantitative estimate of drug-likeness (QED) is 0.677. The molecule has 0 bridgehead atoms. The van der Waals surface area contributed by atoms with Gasteiger partial charge in [-0.05, 0) is 0 Å². The second-order valence-corrected chi connectivity index (χ2v) is 3.26. The summed E-state index contributed by atoms with van der Waals surface area (Å²) < 4.78 is 0. The molecule has 0 saturated heterocycles. The molecule has 2 aliphatic heterocycles. The number of benzene rings is 1. The summed E-state index contributed by atoms with van der Waals surface area (Å²) in [6.45, 7) is 0. The average molecular weight is 210 g/mol. The summed E-state index contributed by atoms with van der Waals surface area (Å²) in [5.74, 6) is 0.465. The fraction of sp³-hybridized carbons (Fsp3) is 0. The molecule has 1 aromatic rings. The normalized spacial score (nSPS) is 17.8. The first kappa shape index (κ1) is 8.84. The highest BCUT2D eigenvalue weighted by Gasteiger charge is 2.26. The van der Waals surface area contributed by atoms with Crippen LogP contribution in [0.5, 0.6) is 0 Å². The maximum absolute atomic E-state index is 11.4. The summed E-state index contributed by atoms with van der Waals surface area (Å²) in [6, 6.07) is 9.45. The molecule has 0 saturated carbocycles. The summed E-state index contributed by atoms with van der Waals surface area (Å²) in [5.41, 5.74) is 1.08. The van der Waals surface area contributed by atoms with Crippen LogP contribution < -0.4 is 0 Å². The van der Waals surface area contributed by atoms with Crippen molar-refractivity contribution in [1.29, 1.82) is 0 Å². The van der Waals surface area contributed by atoms with Gasteiger partial charge in [0.1, 0.15) is 6.34 Å². The lowest BCUT2D eigenvalue weighted by Crippen LogP contribution is -2.21. The molecule has 1 amide bonds. The third kappa shape index (κ3) is 1.30. The summed E-state index contributed by atoms with van der Waals surface area (Å²) in [7, 11) is 0. The Hall–Kier alpha value is -2.43. The lowest BCUT2D eigenvalue weighted by molar-refractivity contribution is -0.111. The number of aliphatic imine (C=N–C) groups is 4. The smallest absolute Gasteiger partial charge is 0.265 e. The van der Waals surface area contributed by atoms with E-state index in [9.17, 15) is 4.79 Å². The van der Waals surface area contributed by atoms with Crippen molar-refractivity contribution >= 4 is 29.6 Å². The van der Waals surface area contributed by atoms with Gasteiger partial charge in [-0.3, -0.25) is 4.79 Å². The molecule has 1 aromatic carbocycles. The van der Waals surface area contributed by atoms with E-state index in [0.29, 0.717) is 11.7 Å². The topological polar surface area (TPSA) is 66.5 Å². The van der Waals surface area contributed by atoms with Crippen molar-refractivity contribution in [2.24, 2.45) is 20.0 Å². The Balaban J connectivity index is 2.06. The van der Waals surface area contributed by atoms with Gasteiger partial charge in [-0.2, -0.15) is 4.99 Å². The van der Waals surface area contributed by atoms with Crippen molar-refractivity contribution in [3.63, 3.8) is 0 Å². The van der Waals surface area contributed by atoms with Gasteiger partial charge in [0.25, 0.3) is 0 Å². The molecule has 0 aliphatic carbocycles. The number of carbonyl (C=O) groups excluding carboxylic acids is 1. The van der Waals surface area contributed by atoms with E-state index >= 15 is 0 Å². The number of nitrogens with zero attached hydrogens (tertiary/aromatic N) is 4. The fourth-order valence-corrected chi connectivity index (χ4v) is 1.48. The van der Waals surface area contributed by atoms with Crippen LogP contribution in [0, 0.1) is 0 Å². The molecule has 0 atom stereocenters. The molecule has 16 heavy (non-hydrogen) atoms. The van der Waals surface area contributed by atoms with E-state index in [2.05, 4.69) is 20.0 Å². The van der Waals surface area contributed by atoms with Gasteiger partial charge in [0, 0.05) is 5.56 Å². The first-order valence-electron chi connectivity index (χ1n) is 4.72. The van der Waals surface area contributed by atoms with Crippen molar-refractivity contribution in [2.45, 2.75) is 0 Å². The predicted octanol–water partition coefficient (Wildman–Crippen LogP) is 0.855. The molecule has 76 valence electrons. The number of carbonyl (C=O) groups is 1. The highest BCUT2D eigenvalue weighted by Crippen LogP contribution is 2.11. The zero-order chi connectivity index (χ0) is 11.0. The van der Waals surface area contributed by atoms with Gasteiger partial charge >= 0.3 is 5.91 Å². The van der Waals surface area contributed by atoms with E-state index in [1.165, 1.54) is 6.34 Å². The number of fused-ring (bicyclic) bond motifs is 1. The zero-order valence-corrected chi connectivity index (χ0v) is 8.16. The Morgan fingerprint density at radius 3 is 2.50 bits per heavy atom. The van der Waals surface area contributed by atoms with Crippen LogP contribution in [-0.4, -0.2) is 29.6 Å². The molecule has 0 N–H and O–H groups in total. The Labute approximate surface area is 91.0 Å². The van der Waals surface area contributed by atoms with E-state index in [0.717, 1.165) is 5.56 Å². The molecule has 3 rings (SSSR count). The minimum absolute atomic E-state index is 0.223. The third-order valence-corrected chi connectivity index (χ3v) is 2.23. The van der Waals surface area contributed by atoms with Crippen molar-refractivity contribution in [1.82, 2.24) is 0 Å². The number of rotatable bonds is 1. The Morgan fingerprint density at radius 1 is 0.938 bits per heavy atom. The van der Waals surface area contributed by atoms with E-state index < -0.39 is 0 Å². The molecule has 2 heterocycles. The van der Waals surface area contributed by atoms with Gasteiger partial charge in [0.2, 0.25) is 0 Å². The fourth-order valence-electron chi connectivity index (χ4n) is 1.48. The van der Waals surface area contributed by atoms with Gasteiger partial charge < -0.3 is 0 Å². The lowest BCUT2D eigenvalue weighted by atomic mass is 10.2. The standard InChI is InChI=1S/C11H6N4O/c16-11-8-10(12-6-13-11)15-9(14-8)7-4-2-1-3-5-7/h1-6H. The molecule has 0 spiro atoms. The van der Waals surface area contributed by atoms with Crippen LogP contribution in [-0.2, 0) is 4.79 Å². The minimum atomic E-state index is -0.389. The Morgan fingerprint density at radius 2 is 1.75 bits per heavy atom. The second-order valence-electron chi connectivity index (χ2n) is 3.26. The Bertz CT molecular complexity index is 581. The second kappa shape index (κ2) is 3.30. The molecule has 5 nitrogen and oxygen atoms in total. The molecule has 5 heteroatoms. The summed E-state index contributed by atoms with van der Waals surface area (Å²) >= 11 is 0. The van der Waals surface area contributed by atoms with Gasteiger partial charge in [-0.25, -0.2) is 15.0 Å². The van der Waals surface area contributed by atoms with E-state index in [1.54, 1.807) is 0 Å². The summed E-state index contributed by atoms with van der Waals surface area (Å²) in [5, 5.41) is 0. The molecule has 2 aliphatic rings. The van der Waals surface area contributed by atoms with Gasteiger partial charge in [0.05, 0.1) is 0 Å². The van der Waals surface area contributed by atoms with Crippen molar-refractivity contribution in [3.05, 3.63) is 35.9 Å². The van der Waals surface area contributed by atoms with E-state index in [4.69, 9.17) is 0 Å². The van der Waals surface area contributed by atoms with Crippen LogP contribution in [0.15, 0.2) is 50.3 Å². The first-order chi connectivity index (χ1) is 7.84. The predicted molar refractivity (Wildman–Crippen MR) is 61.3 cm³/mol. The van der Waals surface area contributed by atoms with Gasteiger partial charge in [-0.1, -0.05) is 30.3 Å². The van der Waals surface area contributed by atoms with Crippen LogP contribution in [0.2, 0.25) is 0 Å². The maximum atomic E-state index is 11.4.